The molecule has 0 fully saturated rings. The largest absolute Gasteiger partial charge is 2.00 e. The minimum absolute atomic E-state index is 0. The van der Waals surface area contributed by atoms with E-state index in [0.717, 1.165) is 9.80 Å². The van der Waals surface area contributed by atoms with Crippen molar-refractivity contribution in [1.82, 2.24) is 9.80 Å². The molecule has 0 radical (unpaired) electrons. The number of hydrogen-bond acceptors (Lipinski definition) is 23. The molecule has 0 aliphatic rings. The van der Waals surface area contributed by atoms with E-state index in [2.05, 4.69) is 25.3 Å². The molecule has 5 atom stereocenters. The van der Waals surface area contributed by atoms with Crippen molar-refractivity contribution in [2.45, 2.75) is 12.1 Å². The SMILES string of the molecule is Cl.NC(CS)C(=O)O.O=C([O-])CN(CCN(CC(=O)[O-])CC(=O)O)CC(=O)O.O=S([O-])S(=O)(=O)[O-].O=S([O-])S(=O)[O-].OCC(O)CS.[Ca+2].[Na+].[Na+].[Na+].[Na+]. The molecule has 0 aliphatic carbocycles. The molecule has 284 valence electrons. The van der Waals surface area contributed by atoms with Crippen LogP contribution in [0, 0.1) is 0 Å². The summed E-state index contributed by atoms with van der Waals surface area (Å²) < 4.78 is 82.1. The molecule has 0 aromatic heterocycles. The number of thiol groups is 2. The molecule has 0 bridgehead atoms. The van der Waals surface area contributed by atoms with E-state index in [4.69, 9.17) is 70.5 Å². The van der Waals surface area contributed by atoms with Crippen molar-refractivity contribution in [2.24, 2.45) is 5.73 Å². The van der Waals surface area contributed by atoms with Crippen molar-refractivity contribution in [3.05, 3.63) is 0 Å². The predicted molar refractivity (Wildman–Crippen MR) is 164 cm³/mol. The van der Waals surface area contributed by atoms with Crippen LogP contribution in [-0.2, 0) is 63.5 Å². The number of carbonyl (C=O) groups is 5. The maximum Gasteiger partial charge on any atom is 2.00 e. The van der Waals surface area contributed by atoms with Gasteiger partial charge in [0.15, 0.2) is 9.15 Å². The first kappa shape index (κ1) is 83.4. The van der Waals surface area contributed by atoms with Gasteiger partial charge in [0, 0.05) is 57.9 Å². The zero-order valence-corrected chi connectivity index (χ0v) is 44.0. The summed E-state index contributed by atoms with van der Waals surface area (Å²) in [6.07, 6.45) is -0.645. The fraction of sp³-hybridized carbons (Fsp3) is 0.688. The van der Waals surface area contributed by atoms with Crippen molar-refractivity contribution in [1.29, 1.82) is 0 Å². The van der Waals surface area contributed by atoms with E-state index in [9.17, 15) is 34.2 Å². The van der Waals surface area contributed by atoms with Crippen LogP contribution in [0.5, 0.6) is 0 Å². The van der Waals surface area contributed by atoms with Gasteiger partial charge in [0.05, 0.1) is 47.9 Å². The number of hydrogen-bond donors (Lipinski definition) is 8. The summed E-state index contributed by atoms with van der Waals surface area (Å²) in [5.41, 5.74) is 4.94. The zero-order chi connectivity index (χ0) is 37.8. The van der Waals surface area contributed by atoms with Crippen molar-refractivity contribution >= 4 is 145 Å². The van der Waals surface area contributed by atoms with Gasteiger partial charge in [-0.15, -0.1) is 12.4 Å². The molecule has 52 heavy (non-hydrogen) atoms. The number of aliphatic hydroxyl groups excluding tert-OH is 2. The molecule has 0 aromatic rings. The van der Waals surface area contributed by atoms with Crippen LogP contribution in [0.4, 0.5) is 0 Å². The van der Waals surface area contributed by atoms with Gasteiger partial charge < -0.3 is 69.3 Å². The second kappa shape index (κ2) is 52.7. The Kier molecular flexibility index (Phi) is 84.4. The number of carboxylic acids is 5. The number of carbonyl (C=O) groups excluding carboxylic acids is 2. The smallest absolute Gasteiger partial charge is 0.763 e. The Morgan fingerprint density at radius 1 is 0.731 bits per heavy atom. The summed E-state index contributed by atoms with van der Waals surface area (Å²) in [6.45, 7) is -2.94. The van der Waals surface area contributed by atoms with E-state index < -0.39 is 108 Å². The number of nitrogens with two attached hydrogens (primary N) is 1. The predicted octanol–water partition coefficient (Wildman–Crippen LogP) is -21.1. The Hall–Kier alpha value is 3.64. The van der Waals surface area contributed by atoms with Crippen LogP contribution in [-0.4, -0.2) is 212 Å². The van der Waals surface area contributed by atoms with Crippen LogP contribution < -0.4 is 134 Å². The second-order valence-electron chi connectivity index (χ2n) is 7.12. The third kappa shape index (κ3) is 74.6. The molecule has 0 aromatic carbocycles. The molecule has 0 amide bonds. The van der Waals surface area contributed by atoms with Gasteiger partial charge in [-0.25, -0.2) is 8.42 Å². The molecule has 7 N–H and O–H groups in total. The Labute approximate surface area is 439 Å². The van der Waals surface area contributed by atoms with E-state index >= 15 is 0 Å². The molecular formula is C16H30CaClN3Na4O21S6. The van der Waals surface area contributed by atoms with Gasteiger partial charge in [0.1, 0.15) is 6.04 Å². The van der Waals surface area contributed by atoms with Gasteiger partial charge in [-0.1, -0.05) is 0 Å². The molecule has 0 saturated carbocycles. The van der Waals surface area contributed by atoms with Gasteiger partial charge >= 0.3 is 174 Å². The molecule has 0 saturated heterocycles. The van der Waals surface area contributed by atoms with Crippen LogP contribution >= 0.6 is 37.7 Å². The number of aliphatic carboxylic acids is 5. The van der Waals surface area contributed by atoms with E-state index in [1.807, 2.05) is 0 Å². The maximum atomic E-state index is 10.5. The number of halogens is 1. The van der Waals surface area contributed by atoms with Crippen LogP contribution in [0.1, 0.15) is 0 Å². The van der Waals surface area contributed by atoms with Gasteiger partial charge in [-0.3, -0.25) is 36.8 Å². The van der Waals surface area contributed by atoms with Crippen molar-refractivity contribution in [3.8, 4) is 0 Å². The number of carboxylic acid groups (broad SMARTS) is 5. The summed E-state index contributed by atoms with van der Waals surface area (Å²) in [7, 11) is -14.5. The van der Waals surface area contributed by atoms with E-state index in [1.165, 1.54) is 0 Å². The van der Waals surface area contributed by atoms with Crippen LogP contribution in [0.15, 0.2) is 0 Å². The summed E-state index contributed by atoms with van der Waals surface area (Å²) in [5.74, 6) is -6.00. The normalized spacial score (nSPS) is 12.1. The summed E-state index contributed by atoms with van der Waals surface area (Å²) in [4.78, 5) is 53.6. The molecule has 5 unspecified atom stereocenters. The molecule has 0 spiro atoms. The third-order valence-electron chi connectivity index (χ3n) is 3.37. The van der Waals surface area contributed by atoms with Crippen molar-refractivity contribution in [3.63, 3.8) is 0 Å². The van der Waals surface area contributed by atoms with Crippen LogP contribution in [0.3, 0.4) is 0 Å². The molecule has 0 heterocycles. The second-order valence-corrected chi connectivity index (χ2v) is 13.6. The minimum atomic E-state index is -5.07. The zero-order valence-electron chi connectivity index (χ0n) is 27.9. The van der Waals surface area contributed by atoms with Crippen molar-refractivity contribution in [2.75, 3.05) is 57.4 Å². The monoisotopic (exact) mass is 959 g/mol. The van der Waals surface area contributed by atoms with E-state index in [0.29, 0.717) is 5.75 Å². The number of aliphatic hydroxyl groups is 2. The number of rotatable bonds is 17. The Morgan fingerprint density at radius 2 is 1.00 bits per heavy atom. The average Bonchev–Trinajstić information content (AvgIpc) is 2.90. The van der Waals surface area contributed by atoms with Gasteiger partial charge in [-0.05, 0) is 0 Å². The average molecular weight is 960 g/mol. The quantitative estimate of drug-likeness (QED) is 0.0221. The third-order valence-corrected chi connectivity index (χ3v) is 6.41. The molecule has 36 heteroatoms. The first-order valence-electron chi connectivity index (χ1n) is 10.8. The summed E-state index contributed by atoms with van der Waals surface area (Å²) >= 11 is 7.33. The Balaban J connectivity index is -0.0000000491. The summed E-state index contributed by atoms with van der Waals surface area (Å²) in [6, 6.07) is -0.816. The topological polar surface area (TPSA) is 443 Å². The Morgan fingerprint density at radius 3 is 1.08 bits per heavy atom. The van der Waals surface area contributed by atoms with E-state index in [-0.39, 0.29) is 194 Å². The van der Waals surface area contributed by atoms with Crippen LogP contribution in [0.2, 0.25) is 0 Å². The minimum Gasteiger partial charge on any atom is -0.763 e. The molecular weight excluding hydrogens is 930 g/mol. The molecule has 0 aliphatic heterocycles. The van der Waals surface area contributed by atoms with Crippen molar-refractivity contribution < 1.29 is 217 Å². The van der Waals surface area contributed by atoms with Gasteiger partial charge in [-0.2, -0.15) is 25.3 Å². The fourth-order valence-corrected chi connectivity index (χ4v) is 1.87. The standard InChI is InChI=1S/C10H16N2O8.C3H7NO2S.C3H8O2S.Ca.ClH.4Na.H2O5S2.H2O4S2/c13-7(14)3-11(4-8(15)16)1-2-12(5-9(17)18)6-10(19)20;4-2(1-7)3(5)6;4-1-3(5)2-6;;;;;;;1-6(2)7(3,4)5;1-5(2)6(3)4/h1-6H2,(H,13,14)(H,15,16)(H,17,18)(H,19,20);2,7H,1,4H2,(H,5,6);3-6H,1-2H2;;1H;;;;;(H,1,2)(H,3,4,5);(H,1,2)(H,3,4)/q;;;+2;;4*+1;;/p-6. The maximum absolute atomic E-state index is 10.5. The van der Waals surface area contributed by atoms with Gasteiger partial charge in [0.25, 0.3) is 0 Å². The van der Waals surface area contributed by atoms with E-state index in [1.54, 1.807) is 0 Å². The Bertz CT molecular complexity index is 1040. The molecule has 0 rings (SSSR count). The number of nitrogens with zero attached hydrogens (tertiary/aromatic N) is 2. The summed E-state index contributed by atoms with van der Waals surface area (Å²) in [5, 5.41) is 62.4. The fourth-order valence-electron chi connectivity index (χ4n) is 1.59. The van der Waals surface area contributed by atoms with Gasteiger partial charge in [0.2, 0.25) is 0 Å². The molecule has 24 nitrogen and oxygen atoms in total. The van der Waals surface area contributed by atoms with Crippen LogP contribution in [0.25, 0.3) is 0 Å². The first-order chi connectivity index (χ1) is 20.8. The first-order valence-corrected chi connectivity index (χ1v) is 17.7.